The number of pyridine rings is 1. The Morgan fingerprint density at radius 2 is 1.89 bits per heavy atom. The molecule has 1 aliphatic carbocycles. The van der Waals surface area contributed by atoms with E-state index in [-0.39, 0.29) is 27.7 Å². The zero-order valence-corrected chi connectivity index (χ0v) is 21.1. The van der Waals surface area contributed by atoms with Crippen molar-refractivity contribution in [1.82, 2.24) is 15.3 Å². The molecule has 0 unspecified atom stereocenters. The summed E-state index contributed by atoms with van der Waals surface area (Å²) in [6.45, 7) is 0.311. The molecule has 4 rings (SSSR count). The average molecular weight is 528 g/mol. The molecule has 0 bridgehead atoms. The van der Waals surface area contributed by atoms with Crippen LogP contribution in [0.2, 0.25) is 0 Å². The Balaban J connectivity index is 1.47. The van der Waals surface area contributed by atoms with Gasteiger partial charge in [-0.2, -0.15) is 0 Å². The van der Waals surface area contributed by atoms with Gasteiger partial charge in [-0.05, 0) is 49.4 Å². The van der Waals surface area contributed by atoms with E-state index < -0.39 is 15.7 Å². The lowest BCUT2D eigenvalue weighted by Gasteiger charge is -2.10. The van der Waals surface area contributed by atoms with Gasteiger partial charge in [-0.3, -0.25) is 19.9 Å². The van der Waals surface area contributed by atoms with Gasteiger partial charge in [-0.15, -0.1) is 0 Å². The summed E-state index contributed by atoms with van der Waals surface area (Å²) in [6, 6.07) is 9.47. The summed E-state index contributed by atoms with van der Waals surface area (Å²) in [4.78, 5) is 39.8. The van der Waals surface area contributed by atoms with Crippen LogP contribution >= 0.6 is 11.3 Å². The number of hydrogen-bond acceptors (Lipinski definition) is 9. The van der Waals surface area contributed by atoms with Gasteiger partial charge >= 0.3 is 0 Å². The zero-order valence-electron chi connectivity index (χ0n) is 19.5. The highest BCUT2D eigenvalue weighted by Crippen LogP contribution is 2.22. The molecular formula is C24H25N5O5S2. The second kappa shape index (κ2) is 11.4. The first-order valence-electron chi connectivity index (χ1n) is 11.3. The molecule has 2 aromatic heterocycles. The van der Waals surface area contributed by atoms with Crippen molar-refractivity contribution in [3.8, 4) is 0 Å². The molecule has 2 heterocycles. The minimum atomic E-state index is -3.39. The molecule has 1 aliphatic rings. The Bertz CT molecular complexity index is 1350. The fraction of sp³-hybridized carbons (Fsp3) is 0.292. The predicted molar refractivity (Wildman–Crippen MR) is 136 cm³/mol. The maximum Gasteiger partial charge on any atom is 0.280 e. The highest BCUT2D eigenvalue weighted by molar-refractivity contribution is 7.90. The molecule has 188 valence electrons. The number of thiazole rings is 1. The van der Waals surface area contributed by atoms with Crippen molar-refractivity contribution in [2.45, 2.75) is 43.2 Å². The van der Waals surface area contributed by atoms with Crippen LogP contribution in [0.25, 0.3) is 0 Å². The second-order valence-electron chi connectivity index (χ2n) is 8.28. The number of oxime groups is 1. The minimum absolute atomic E-state index is 0.0141. The molecule has 3 aromatic rings. The molecule has 0 atom stereocenters. The van der Waals surface area contributed by atoms with E-state index in [1.807, 2.05) is 6.07 Å². The average Bonchev–Trinajstić information content (AvgIpc) is 3.56. The Kier molecular flexibility index (Phi) is 8.06. The first-order chi connectivity index (χ1) is 17.3. The first kappa shape index (κ1) is 25.5. The summed E-state index contributed by atoms with van der Waals surface area (Å²) in [7, 11) is -3.39. The van der Waals surface area contributed by atoms with Crippen molar-refractivity contribution in [3.63, 3.8) is 0 Å². The van der Waals surface area contributed by atoms with E-state index in [9.17, 15) is 18.0 Å². The topological polar surface area (TPSA) is 140 Å². The Hall–Kier alpha value is -3.64. The second-order valence-corrected chi connectivity index (χ2v) is 11.3. The Morgan fingerprint density at radius 1 is 1.14 bits per heavy atom. The number of amides is 2. The summed E-state index contributed by atoms with van der Waals surface area (Å²) in [5, 5.41) is 9.78. The highest BCUT2D eigenvalue weighted by atomic mass is 32.2. The maximum absolute atomic E-state index is 13.1. The van der Waals surface area contributed by atoms with Crippen LogP contribution in [-0.4, -0.2) is 48.3 Å². The van der Waals surface area contributed by atoms with Gasteiger partial charge in [-0.25, -0.2) is 13.4 Å². The number of anilines is 1. The number of nitrogens with one attached hydrogen (secondary N) is 2. The first-order valence-corrected chi connectivity index (χ1v) is 14.0. The van der Waals surface area contributed by atoms with E-state index in [2.05, 4.69) is 25.8 Å². The van der Waals surface area contributed by atoms with Gasteiger partial charge in [0, 0.05) is 30.8 Å². The van der Waals surface area contributed by atoms with Gasteiger partial charge in [0.1, 0.15) is 11.0 Å². The minimum Gasteiger partial charge on any atom is -0.392 e. The van der Waals surface area contributed by atoms with Gasteiger partial charge in [0.05, 0.1) is 11.1 Å². The molecule has 2 amide bonds. The number of hydrogen-bond donors (Lipinski definition) is 2. The fourth-order valence-electron chi connectivity index (χ4n) is 3.57. The molecule has 0 spiro atoms. The number of sulfone groups is 1. The van der Waals surface area contributed by atoms with E-state index in [0.29, 0.717) is 17.0 Å². The normalized spacial score (nSPS) is 14.4. The number of nitrogens with zero attached hydrogens (tertiary/aromatic N) is 3. The molecule has 1 saturated carbocycles. The van der Waals surface area contributed by atoms with Crippen LogP contribution in [0, 0.1) is 0 Å². The quantitative estimate of drug-likeness (QED) is 0.322. The Labute approximate surface area is 212 Å². The molecule has 12 heteroatoms. The highest BCUT2D eigenvalue weighted by Gasteiger charge is 2.22. The smallest absolute Gasteiger partial charge is 0.280 e. The number of benzene rings is 1. The van der Waals surface area contributed by atoms with E-state index >= 15 is 0 Å². The molecular weight excluding hydrogens is 502 g/mol. The summed E-state index contributed by atoms with van der Waals surface area (Å²) in [6.07, 6.45) is 9.52. The SMILES string of the molecule is CS(=O)(=O)c1ccc(/C(=N\OC2CCCC2)C(=O)Nc2ncc(C(=O)NCc3cccnc3)s2)cc1. The predicted octanol–water partition coefficient (Wildman–Crippen LogP) is 3.17. The molecule has 36 heavy (non-hydrogen) atoms. The molecule has 10 nitrogen and oxygen atoms in total. The monoisotopic (exact) mass is 527 g/mol. The molecule has 1 fully saturated rings. The molecule has 0 radical (unpaired) electrons. The lowest BCUT2D eigenvalue weighted by Crippen LogP contribution is -2.25. The summed E-state index contributed by atoms with van der Waals surface area (Å²) < 4.78 is 23.6. The van der Waals surface area contributed by atoms with Crippen molar-refractivity contribution in [2.24, 2.45) is 5.16 Å². The zero-order chi connectivity index (χ0) is 25.5. The van der Waals surface area contributed by atoms with Gasteiger partial charge in [0.15, 0.2) is 20.7 Å². The third kappa shape index (κ3) is 6.73. The van der Waals surface area contributed by atoms with Crippen LogP contribution in [0.5, 0.6) is 0 Å². The summed E-state index contributed by atoms with van der Waals surface area (Å²) in [5.41, 5.74) is 1.23. The van der Waals surface area contributed by atoms with Crippen LogP contribution in [0.4, 0.5) is 5.13 Å². The molecule has 2 N–H and O–H groups in total. The van der Waals surface area contributed by atoms with Gasteiger partial charge in [0.25, 0.3) is 11.8 Å². The summed E-state index contributed by atoms with van der Waals surface area (Å²) in [5.74, 6) is -0.913. The number of carbonyl (C=O) groups is 2. The lowest BCUT2D eigenvalue weighted by atomic mass is 10.1. The fourth-order valence-corrected chi connectivity index (χ4v) is 4.93. The van der Waals surface area contributed by atoms with Crippen LogP contribution in [0.1, 0.15) is 46.5 Å². The third-order valence-electron chi connectivity index (χ3n) is 5.49. The van der Waals surface area contributed by atoms with E-state index in [0.717, 1.165) is 48.8 Å². The van der Waals surface area contributed by atoms with E-state index in [1.165, 1.54) is 30.5 Å². The van der Waals surface area contributed by atoms with Gasteiger partial charge in [0.2, 0.25) is 0 Å². The van der Waals surface area contributed by atoms with E-state index in [4.69, 9.17) is 4.84 Å². The van der Waals surface area contributed by atoms with Crippen molar-refractivity contribution in [1.29, 1.82) is 0 Å². The number of aromatic nitrogens is 2. The third-order valence-corrected chi connectivity index (χ3v) is 7.53. The van der Waals surface area contributed by atoms with Crippen LogP contribution in [0.15, 0.2) is 65.0 Å². The van der Waals surface area contributed by atoms with Crippen LogP contribution in [0.3, 0.4) is 0 Å². The number of rotatable bonds is 9. The van der Waals surface area contributed by atoms with Crippen molar-refractivity contribution < 1.29 is 22.8 Å². The van der Waals surface area contributed by atoms with Crippen molar-refractivity contribution >= 4 is 43.8 Å². The molecule has 1 aromatic carbocycles. The largest absolute Gasteiger partial charge is 0.392 e. The van der Waals surface area contributed by atoms with Crippen molar-refractivity contribution in [2.75, 3.05) is 11.6 Å². The molecule has 0 saturated heterocycles. The Morgan fingerprint density at radius 3 is 2.56 bits per heavy atom. The van der Waals surface area contributed by atoms with E-state index in [1.54, 1.807) is 18.5 Å². The lowest BCUT2D eigenvalue weighted by molar-refractivity contribution is -0.110. The van der Waals surface area contributed by atoms with Gasteiger partial charge in [-0.1, -0.05) is 34.7 Å². The van der Waals surface area contributed by atoms with Gasteiger partial charge < -0.3 is 10.2 Å². The number of carbonyl (C=O) groups excluding carboxylic acids is 2. The molecule has 0 aliphatic heterocycles. The standard InChI is InChI=1S/C24H25N5O5S2/c1-36(32,33)19-10-8-17(9-11-19)21(29-34-18-6-2-3-7-18)23(31)28-24-27-15-20(35-24)22(30)26-14-16-5-4-12-25-13-16/h4-5,8-13,15,18H,2-3,6-7,14H2,1H3,(H,26,30)(H,27,28,31)/b29-21+. The maximum atomic E-state index is 13.1. The van der Waals surface area contributed by atoms with Crippen LogP contribution in [-0.2, 0) is 26.0 Å². The summed E-state index contributed by atoms with van der Waals surface area (Å²) >= 11 is 1.02. The van der Waals surface area contributed by atoms with Crippen molar-refractivity contribution in [3.05, 3.63) is 71.0 Å². The van der Waals surface area contributed by atoms with Crippen LogP contribution < -0.4 is 10.6 Å².